The van der Waals surface area contributed by atoms with Crippen molar-refractivity contribution in [2.45, 2.75) is 46.6 Å². The zero-order chi connectivity index (χ0) is 14.5. The first-order chi connectivity index (χ1) is 9.54. The summed E-state index contributed by atoms with van der Waals surface area (Å²) in [7, 11) is 0. The molecule has 2 aliphatic heterocycles. The van der Waals surface area contributed by atoms with Crippen molar-refractivity contribution in [2.75, 3.05) is 52.4 Å². The van der Waals surface area contributed by atoms with Crippen LogP contribution in [0.25, 0.3) is 0 Å². The monoisotopic (exact) mass is 281 g/mol. The highest BCUT2D eigenvalue weighted by molar-refractivity contribution is 4.79. The van der Waals surface area contributed by atoms with E-state index in [2.05, 4.69) is 42.4 Å². The topological polar surface area (TPSA) is 9.72 Å². The highest BCUT2D eigenvalue weighted by Crippen LogP contribution is 2.20. The summed E-state index contributed by atoms with van der Waals surface area (Å²) in [6, 6.07) is 0.719. The molecule has 2 rings (SSSR count). The molecule has 0 radical (unpaired) electrons. The van der Waals surface area contributed by atoms with E-state index in [0.29, 0.717) is 0 Å². The summed E-state index contributed by atoms with van der Waals surface area (Å²) in [6.45, 7) is 19.7. The molecule has 3 nitrogen and oxygen atoms in total. The first-order valence-electron chi connectivity index (χ1n) is 8.73. The van der Waals surface area contributed by atoms with E-state index in [1.54, 1.807) is 0 Å². The van der Waals surface area contributed by atoms with Crippen LogP contribution in [0.5, 0.6) is 0 Å². The normalized spacial score (nSPS) is 24.9. The third-order valence-electron chi connectivity index (χ3n) is 4.98. The molecule has 2 fully saturated rings. The molecule has 0 aromatic rings. The predicted octanol–water partition coefficient (Wildman–Crippen LogP) is 2.38. The highest BCUT2D eigenvalue weighted by atomic mass is 15.3. The maximum Gasteiger partial charge on any atom is 0.0113 e. The lowest BCUT2D eigenvalue weighted by molar-refractivity contribution is 0.0792. The van der Waals surface area contributed by atoms with Gasteiger partial charge in [0.2, 0.25) is 0 Å². The van der Waals surface area contributed by atoms with Crippen molar-refractivity contribution in [3.63, 3.8) is 0 Å². The number of rotatable bonds is 5. The van der Waals surface area contributed by atoms with Crippen molar-refractivity contribution >= 4 is 0 Å². The fourth-order valence-corrected chi connectivity index (χ4v) is 3.70. The van der Waals surface area contributed by atoms with Gasteiger partial charge in [-0.05, 0) is 51.6 Å². The Morgan fingerprint density at radius 3 is 1.90 bits per heavy atom. The van der Waals surface area contributed by atoms with Gasteiger partial charge in [-0.1, -0.05) is 13.8 Å². The number of likely N-dealkylation sites (tertiary alicyclic amines) is 1. The quantitative estimate of drug-likeness (QED) is 0.766. The van der Waals surface area contributed by atoms with E-state index < -0.39 is 0 Å². The number of piperidine rings is 1. The van der Waals surface area contributed by atoms with Crippen LogP contribution in [0.3, 0.4) is 0 Å². The summed E-state index contributed by atoms with van der Waals surface area (Å²) in [5.41, 5.74) is 0. The molecule has 0 atom stereocenters. The van der Waals surface area contributed by atoms with E-state index >= 15 is 0 Å². The second-order valence-corrected chi connectivity index (χ2v) is 7.57. The Bertz CT molecular complexity index is 261. The summed E-state index contributed by atoms with van der Waals surface area (Å²) in [5, 5.41) is 0. The fourth-order valence-electron chi connectivity index (χ4n) is 3.70. The number of piperazine rings is 1. The first-order valence-corrected chi connectivity index (χ1v) is 8.73. The first kappa shape index (κ1) is 16.3. The van der Waals surface area contributed by atoms with E-state index in [4.69, 9.17) is 0 Å². The van der Waals surface area contributed by atoms with Gasteiger partial charge in [-0.15, -0.1) is 0 Å². The summed E-state index contributed by atoms with van der Waals surface area (Å²) >= 11 is 0. The maximum atomic E-state index is 2.71. The molecule has 0 bridgehead atoms. The molecule has 118 valence electrons. The van der Waals surface area contributed by atoms with Gasteiger partial charge in [-0.25, -0.2) is 0 Å². The molecule has 2 aliphatic rings. The standard InChI is InChI=1S/C17H35N3/c1-15(2)13-18-7-5-17(6-8-18)14-19-9-11-20(12-10-19)16(3)4/h15-17H,5-14H2,1-4H3. The van der Waals surface area contributed by atoms with Gasteiger partial charge in [0.15, 0.2) is 0 Å². The molecule has 3 heteroatoms. The van der Waals surface area contributed by atoms with Crippen molar-refractivity contribution in [3.8, 4) is 0 Å². The van der Waals surface area contributed by atoms with Gasteiger partial charge in [0.1, 0.15) is 0 Å². The van der Waals surface area contributed by atoms with Crippen LogP contribution in [0.1, 0.15) is 40.5 Å². The minimum atomic E-state index is 0.719. The van der Waals surface area contributed by atoms with Crippen molar-refractivity contribution in [3.05, 3.63) is 0 Å². The molecule has 0 aliphatic carbocycles. The van der Waals surface area contributed by atoms with E-state index in [1.165, 1.54) is 65.2 Å². The molecule has 2 heterocycles. The Morgan fingerprint density at radius 2 is 1.40 bits per heavy atom. The molecule has 0 saturated carbocycles. The van der Waals surface area contributed by atoms with Crippen molar-refractivity contribution < 1.29 is 0 Å². The molecule has 0 N–H and O–H groups in total. The molecule has 0 aromatic heterocycles. The van der Waals surface area contributed by atoms with Crippen LogP contribution >= 0.6 is 0 Å². The van der Waals surface area contributed by atoms with E-state index in [9.17, 15) is 0 Å². The van der Waals surface area contributed by atoms with Gasteiger partial charge >= 0.3 is 0 Å². The smallest absolute Gasteiger partial charge is 0.0113 e. The third-order valence-corrected chi connectivity index (χ3v) is 4.98. The van der Waals surface area contributed by atoms with Gasteiger partial charge in [0, 0.05) is 45.3 Å². The van der Waals surface area contributed by atoms with Crippen molar-refractivity contribution in [1.82, 2.24) is 14.7 Å². The SMILES string of the molecule is CC(C)CN1CCC(CN2CCN(C(C)C)CC2)CC1. The van der Waals surface area contributed by atoms with Gasteiger partial charge in [-0.3, -0.25) is 4.90 Å². The van der Waals surface area contributed by atoms with E-state index in [1.807, 2.05) is 0 Å². The van der Waals surface area contributed by atoms with Crippen LogP contribution in [-0.4, -0.2) is 73.1 Å². The Hall–Kier alpha value is -0.120. The molecule has 0 aromatic carbocycles. The molecular weight excluding hydrogens is 246 g/mol. The Balaban J connectivity index is 1.64. The van der Waals surface area contributed by atoms with E-state index in [-0.39, 0.29) is 0 Å². The zero-order valence-electron chi connectivity index (χ0n) is 14.1. The molecule has 20 heavy (non-hydrogen) atoms. The zero-order valence-corrected chi connectivity index (χ0v) is 14.1. The summed E-state index contributed by atoms with van der Waals surface area (Å²) in [4.78, 5) is 7.99. The average Bonchev–Trinajstić information content (AvgIpc) is 2.41. The van der Waals surface area contributed by atoms with Crippen molar-refractivity contribution in [1.29, 1.82) is 0 Å². The fraction of sp³-hybridized carbons (Fsp3) is 1.00. The summed E-state index contributed by atoms with van der Waals surface area (Å²) in [5.74, 6) is 1.76. The van der Waals surface area contributed by atoms with E-state index in [0.717, 1.165) is 17.9 Å². The van der Waals surface area contributed by atoms with Gasteiger partial charge in [0.25, 0.3) is 0 Å². The number of hydrogen-bond acceptors (Lipinski definition) is 3. The second-order valence-electron chi connectivity index (χ2n) is 7.57. The van der Waals surface area contributed by atoms with Crippen LogP contribution in [0, 0.1) is 11.8 Å². The molecular formula is C17H35N3. The number of hydrogen-bond donors (Lipinski definition) is 0. The third kappa shape index (κ3) is 5.01. The van der Waals surface area contributed by atoms with Crippen LogP contribution < -0.4 is 0 Å². The summed E-state index contributed by atoms with van der Waals surface area (Å²) < 4.78 is 0. The van der Waals surface area contributed by atoms with Gasteiger partial charge in [-0.2, -0.15) is 0 Å². The van der Waals surface area contributed by atoms with Crippen molar-refractivity contribution in [2.24, 2.45) is 11.8 Å². The molecule has 0 spiro atoms. The van der Waals surface area contributed by atoms with Crippen LogP contribution in [0.2, 0.25) is 0 Å². The largest absolute Gasteiger partial charge is 0.303 e. The van der Waals surface area contributed by atoms with Crippen LogP contribution in [0.15, 0.2) is 0 Å². The van der Waals surface area contributed by atoms with Gasteiger partial charge in [0.05, 0.1) is 0 Å². The van der Waals surface area contributed by atoms with Crippen LogP contribution in [0.4, 0.5) is 0 Å². The Labute approximate surface area is 126 Å². The minimum absolute atomic E-state index is 0.719. The van der Waals surface area contributed by atoms with Gasteiger partial charge < -0.3 is 9.80 Å². The lowest BCUT2D eigenvalue weighted by Gasteiger charge is -2.40. The molecule has 0 amide bonds. The highest BCUT2D eigenvalue weighted by Gasteiger charge is 2.24. The average molecular weight is 281 g/mol. The molecule has 2 saturated heterocycles. The van der Waals surface area contributed by atoms with Crippen LogP contribution in [-0.2, 0) is 0 Å². The minimum Gasteiger partial charge on any atom is -0.303 e. The lowest BCUT2D eigenvalue weighted by Crippen LogP contribution is -2.50. The Morgan fingerprint density at radius 1 is 0.800 bits per heavy atom. The maximum absolute atomic E-state index is 2.71. The lowest BCUT2D eigenvalue weighted by atomic mass is 9.95. The second kappa shape index (κ2) is 7.77. The summed E-state index contributed by atoms with van der Waals surface area (Å²) in [6.07, 6.45) is 2.83. The molecule has 0 unspecified atom stereocenters. The predicted molar refractivity (Wildman–Crippen MR) is 87.2 cm³/mol. The number of nitrogens with zero attached hydrogens (tertiary/aromatic N) is 3. The Kier molecular flexibility index (Phi) is 6.31.